The van der Waals surface area contributed by atoms with Crippen molar-refractivity contribution in [2.24, 2.45) is 0 Å². The van der Waals surface area contributed by atoms with Crippen molar-refractivity contribution in [3.63, 3.8) is 0 Å². The van der Waals surface area contributed by atoms with Gasteiger partial charge in [0.1, 0.15) is 23.3 Å². The van der Waals surface area contributed by atoms with Crippen molar-refractivity contribution < 1.29 is 13.2 Å². The molecule has 1 fully saturated rings. The number of alkyl halides is 1. The molecule has 1 aliphatic heterocycles. The first kappa shape index (κ1) is 16.2. The van der Waals surface area contributed by atoms with Crippen LogP contribution in [0.5, 0.6) is 0 Å². The number of nitriles is 1. The number of aromatic nitrogens is 2. The Balaban J connectivity index is 1.96. The van der Waals surface area contributed by atoms with Crippen LogP contribution in [-0.4, -0.2) is 23.3 Å². The molecule has 24 heavy (non-hydrogen) atoms. The summed E-state index contributed by atoms with van der Waals surface area (Å²) in [6.45, 7) is 3.64. The van der Waals surface area contributed by atoms with Gasteiger partial charge in [-0.25, -0.2) is 13.2 Å². The zero-order valence-electron chi connectivity index (χ0n) is 13.3. The van der Waals surface area contributed by atoms with E-state index in [2.05, 4.69) is 16.3 Å². The first-order valence-corrected chi connectivity index (χ1v) is 7.48. The summed E-state index contributed by atoms with van der Waals surface area (Å²) in [5.74, 6) is -1.33. The number of hydrogen-bond donors (Lipinski definition) is 0. The lowest BCUT2D eigenvalue weighted by atomic mass is 9.95. The molecule has 0 amide bonds. The van der Waals surface area contributed by atoms with Crippen LogP contribution < -0.4 is 4.90 Å². The summed E-state index contributed by atoms with van der Waals surface area (Å²) < 4.78 is 42.1. The molecule has 1 saturated heterocycles. The number of anilines is 1. The molecule has 1 unspecified atom stereocenters. The maximum atomic E-state index is 15.2. The minimum Gasteiger partial charge on any atom is -0.350 e. The average Bonchev–Trinajstić information content (AvgIpc) is 2.92. The molecular weight excluding hydrogens is 317 g/mol. The van der Waals surface area contributed by atoms with E-state index < -0.39 is 17.3 Å². The summed E-state index contributed by atoms with van der Waals surface area (Å²) in [7, 11) is 0. The van der Waals surface area contributed by atoms with E-state index in [1.807, 2.05) is 0 Å². The number of halogens is 3. The third-order valence-electron chi connectivity index (χ3n) is 4.45. The first-order valence-electron chi connectivity index (χ1n) is 7.48. The molecule has 124 valence electrons. The van der Waals surface area contributed by atoms with Gasteiger partial charge in [0.2, 0.25) is 0 Å². The van der Waals surface area contributed by atoms with E-state index in [1.165, 1.54) is 0 Å². The quantitative estimate of drug-likeness (QED) is 0.846. The van der Waals surface area contributed by atoms with Crippen molar-refractivity contribution in [3.8, 4) is 6.07 Å². The summed E-state index contributed by atoms with van der Waals surface area (Å²) in [6.07, 6.45) is 0.0510. The molecule has 0 bridgehead atoms. The average molecular weight is 332 g/mol. The minimum atomic E-state index is -1.91. The van der Waals surface area contributed by atoms with Crippen molar-refractivity contribution in [1.82, 2.24) is 10.2 Å². The predicted molar refractivity (Wildman–Crippen MR) is 82.2 cm³/mol. The standard InChI is InChI=1S/C17H15F3N4/c1-10-11(2)22-23-16(15(10)8-21)24-4-3-17(20,9-24)12-5-13(18)7-14(19)6-12/h5-7H,3-4,9H2,1-2H3. The molecular formula is C17H15F3N4. The molecule has 0 spiro atoms. The molecule has 0 aliphatic carbocycles. The molecule has 2 heterocycles. The number of hydrogen-bond acceptors (Lipinski definition) is 4. The van der Waals surface area contributed by atoms with E-state index in [-0.39, 0.29) is 25.1 Å². The van der Waals surface area contributed by atoms with Crippen molar-refractivity contribution in [3.05, 3.63) is 52.2 Å². The Morgan fingerprint density at radius 1 is 1.17 bits per heavy atom. The maximum Gasteiger partial charge on any atom is 0.169 e. The monoisotopic (exact) mass is 332 g/mol. The molecule has 3 rings (SSSR count). The van der Waals surface area contributed by atoms with Gasteiger partial charge in [0.15, 0.2) is 11.5 Å². The van der Waals surface area contributed by atoms with Crippen LogP contribution in [0.2, 0.25) is 0 Å². The molecule has 0 saturated carbocycles. The highest BCUT2D eigenvalue weighted by atomic mass is 19.1. The number of aryl methyl sites for hydroxylation is 1. The van der Waals surface area contributed by atoms with Crippen molar-refractivity contribution in [1.29, 1.82) is 5.26 Å². The highest BCUT2D eigenvalue weighted by Gasteiger charge is 2.42. The second kappa shape index (κ2) is 5.78. The van der Waals surface area contributed by atoms with Gasteiger partial charge in [-0.1, -0.05) is 0 Å². The Kier molecular flexibility index (Phi) is 3.91. The fourth-order valence-electron chi connectivity index (χ4n) is 2.95. The Hall–Kier alpha value is -2.62. The number of rotatable bonds is 2. The first-order chi connectivity index (χ1) is 11.3. The van der Waals surface area contributed by atoms with Gasteiger partial charge < -0.3 is 4.90 Å². The number of benzene rings is 1. The normalized spacial score (nSPS) is 20.2. The van der Waals surface area contributed by atoms with Crippen LogP contribution >= 0.6 is 0 Å². The molecule has 7 heteroatoms. The highest BCUT2D eigenvalue weighted by Crippen LogP contribution is 2.39. The second-order valence-electron chi connectivity index (χ2n) is 6.02. The van der Waals surface area contributed by atoms with Crippen molar-refractivity contribution in [2.75, 3.05) is 18.0 Å². The lowest BCUT2D eigenvalue weighted by Gasteiger charge is -2.23. The van der Waals surface area contributed by atoms with Crippen LogP contribution in [0, 0.1) is 36.8 Å². The summed E-state index contributed by atoms with van der Waals surface area (Å²) in [5.41, 5.74) is -0.283. The predicted octanol–water partition coefficient (Wildman–Crippen LogP) is 3.32. The minimum absolute atomic E-state index is 0.0437. The van der Waals surface area contributed by atoms with E-state index in [4.69, 9.17) is 0 Å². The van der Waals surface area contributed by atoms with Crippen LogP contribution in [0.1, 0.15) is 28.8 Å². The van der Waals surface area contributed by atoms with Crippen molar-refractivity contribution >= 4 is 5.82 Å². The third kappa shape index (κ3) is 2.68. The van der Waals surface area contributed by atoms with E-state index in [0.29, 0.717) is 28.7 Å². The van der Waals surface area contributed by atoms with Crippen LogP contribution in [0.15, 0.2) is 18.2 Å². The van der Waals surface area contributed by atoms with Crippen LogP contribution in [0.3, 0.4) is 0 Å². The van der Waals surface area contributed by atoms with Crippen LogP contribution in [-0.2, 0) is 5.67 Å². The van der Waals surface area contributed by atoms with Gasteiger partial charge in [-0.15, -0.1) is 5.10 Å². The fraction of sp³-hybridized carbons (Fsp3) is 0.353. The lowest BCUT2D eigenvalue weighted by molar-refractivity contribution is 0.194. The zero-order chi connectivity index (χ0) is 17.5. The van der Waals surface area contributed by atoms with Gasteiger partial charge >= 0.3 is 0 Å². The Labute approximate surface area is 137 Å². The van der Waals surface area contributed by atoms with Crippen LogP contribution in [0.4, 0.5) is 19.0 Å². The van der Waals surface area contributed by atoms with Gasteiger partial charge in [-0.05, 0) is 37.1 Å². The Bertz CT molecular complexity index is 826. The SMILES string of the molecule is Cc1nnc(N2CCC(F)(c3cc(F)cc(F)c3)C2)c(C#N)c1C. The van der Waals surface area contributed by atoms with E-state index in [9.17, 15) is 14.0 Å². The molecule has 1 atom stereocenters. The topological polar surface area (TPSA) is 52.8 Å². The second-order valence-corrected chi connectivity index (χ2v) is 6.02. The summed E-state index contributed by atoms with van der Waals surface area (Å²) in [5, 5.41) is 17.4. The van der Waals surface area contributed by atoms with E-state index >= 15 is 4.39 Å². The smallest absolute Gasteiger partial charge is 0.169 e. The summed E-state index contributed by atoms with van der Waals surface area (Å²) in [4.78, 5) is 1.60. The largest absolute Gasteiger partial charge is 0.350 e. The molecule has 1 aromatic carbocycles. The summed E-state index contributed by atoms with van der Waals surface area (Å²) >= 11 is 0. The number of nitrogens with zero attached hydrogens (tertiary/aromatic N) is 4. The van der Waals surface area contributed by atoms with E-state index in [0.717, 1.165) is 12.1 Å². The molecule has 4 nitrogen and oxygen atoms in total. The van der Waals surface area contributed by atoms with Crippen molar-refractivity contribution in [2.45, 2.75) is 25.9 Å². The van der Waals surface area contributed by atoms with Gasteiger partial charge in [-0.3, -0.25) is 0 Å². The Morgan fingerprint density at radius 3 is 2.46 bits per heavy atom. The zero-order valence-corrected chi connectivity index (χ0v) is 13.3. The lowest BCUT2D eigenvalue weighted by Crippen LogP contribution is -2.29. The highest BCUT2D eigenvalue weighted by molar-refractivity contribution is 5.58. The third-order valence-corrected chi connectivity index (χ3v) is 4.45. The maximum absolute atomic E-state index is 15.2. The van der Waals surface area contributed by atoms with Gasteiger partial charge in [0.05, 0.1) is 12.2 Å². The fourth-order valence-corrected chi connectivity index (χ4v) is 2.95. The van der Waals surface area contributed by atoms with Crippen LogP contribution in [0.25, 0.3) is 0 Å². The molecule has 0 radical (unpaired) electrons. The molecule has 2 aromatic rings. The molecule has 0 N–H and O–H groups in total. The van der Waals surface area contributed by atoms with Gasteiger partial charge in [-0.2, -0.15) is 10.4 Å². The molecule has 1 aromatic heterocycles. The molecule has 1 aliphatic rings. The van der Waals surface area contributed by atoms with Gasteiger partial charge in [0, 0.05) is 19.0 Å². The summed E-state index contributed by atoms with van der Waals surface area (Å²) in [6, 6.07) is 4.80. The Morgan fingerprint density at radius 2 is 1.83 bits per heavy atom. The van der Waals surface area contributed by atoms with E-state index in [1.54, 1.807) is 18.7 Å². The van der Waals surface area contributed by atoms with Gasteiger partial charge in [0.25, 0.3) is 0 Å².